The molecule has 15 heavy (non-hydrogen) atoms. The van der Waals surface area contributed by atoms with E-state index in [9.17, 15) is 0 Å². The summed E-state index contributed by atoms with van der Waals surface area (Å²) in [5, 5.41) is 1.12. The molecule has 0 radical (unpaired) electrons. The van der Waals surface area contributed by atoms with Gasteiger partial charge in [0.25, 0.3) is 0 Å². The van der Waals surface area contributed by atoms with Crippen LogP contribution in [0.4, 0.5) is 0 Å². The monoisotopic (exact) mass is 226 g/mol. The lowest BCUT2D eigenvalue weighted by atomic mass is 9.89. The van der Waals surface area contributed by atoms with Gasteiger partial charge < -0.3 is 10.5 Å². The first kappa shape index (κ1) is 11.0. The Balaban J connectivity index is 2.05. The van der Waals surface area contributed by atoms with E-state index in [1.807, 2.05) is 11.3 Å². The Morgan fingerprint density at radius 2 is 2.47 bits per heavy atom. The largest absolute Gasteiger partial charge is 0.378 e. The van der Waals surface area contributed by atoms with Gasteiger partial charge in [0.15, 0.2) is 0 Å². The number of nitrogens with two attached hydrogens (primary N) is 1. The molecule has 1 aromatic rings. The molecule has 4 heteroatoms. The summed E-state index contributed by atoms with van der Waals surface area (Å²) in [6, 6.07) is 0. The lowest BCUT2D eigenvalue weighted by molar-refractivity contribution is 0.184. The number of fused-ring (bicyclic) bond motifs is 1. The quantitative estimate of drug-likeness (QED) is 0.850. The highest BCUT2D eigenvalue weighted by Gasteiger charge is 2.21. The average Bonchev–Trinajstić information content (AvgIpc) is 2.60. The number of hydrogen-bond acceptors (Lipinski definition) is 4. The summed E-state index contributed by atoms with van der Waals surface area (Å²) in [5.41, 5.74) is 6.91. The highest BCUT2D eigenvalue weighted by Crippen LogP contribution is 2.31. The second kappa shape index (κ2) is 5.05. The van der Waals surface area contributed by atoms with Crippen LogP contribution in [0.25, 0.3) is 0 Å². The number of thiazole rings is 1. The SMILES string of the molecule is COCc1nc2c(s1)CC(CCN)CC2. The van der Waals surface area contributed by atoms with Gasteiger partial charge in [0.1, 0.15) is 5.01 Å². The highest BCUT2D eigenvalue weighted by atomic mass is 32.1. The van der Waals surface area contributed by atoms with Crippen molar-refractivity contribution < 1.29 is 4.74 Å². The molecule has 1 heterocycles. The molecule has 0 spiro atoms. The van der Waals surface area contributed by atoms with Crippen LogP contribution in [0, 0.1) is 5.92 Å². The van der Waals surface area contributed by atoms with Gasteiger partial charge in [-0.05, 0) is 38.1 Å². The zero-order valence-electron chi connectivity index (χ0n) is 9.16. The van der Waals surface area contributed by atoms with Crippen molar-refractivity contribution in [2.75, 3.05) is 13.7 Å². The molecule has 0 bridgehead atoms. The standard InChI is InChI=1S/C11H18N2OS/c1-14-7-11-13-9-3-2-8(4-5-12)6-10(9)15-11/h8H,2-7,12H2,1H3. The summed E-state index contributed by atoms with van der Waals surface area (Å²) in [6.45, 7) is 1.46. The maximum absolute atomic E-state index is 5.60. The molecule has 0 saturated heterocycles. The number of aryl methyl sites for hydroxylation is 1. The minimum absolute atomic E-state index is 0.652. The van der Waals surface area contributed by atoms with E-state index in [1.165, 1.54) is 23.4 Å². The number of ether oxygens (including phenoxy) is 1. The Labute approximate surface area is 94.7 Å². The van der Waals surface area contributed by atoms with Crippen LogP contribution in [0.1, 0.15) is 28.4 Å². The van der Waals surface area contributed by atoms with Crippen molar-refractivity contribution in [2.45, 2.75) is 32.3 Å². The molecular weight excluding hydrogens is 208 g/mol. The van der Waals surface area contributed by atoms with Gasteiger partial charge in [0, 0.05) is 12.0 Å². The van der Waals surface area contributed by atoms with Gasteiger partial charge in [-0.3, -0.25) is 0 Å². The first-order valence-corrected chi connectivity index (χ1v) is 6.31. The van der Waals surface area contributed by atoms with Crippen LogP contribution < -0.4 is 5.73 Å². The third-order valence-electron chi connectivity index (χ3n) is 2.93. The molecule has 0 amide bonds. The average molecular weight is 226 g/mol. The first-order valence-electron chi connectivity index (χ1n) is 5.50. The second-order valence-electron chi connectivity index (χ2n) is 4.10. The second-order valence-corrected chi connectivity index (χ2v) is 5.26. The maximum Gasteiger partial charge on any atom is 0.119 e. The zero-order chi connectivity index (χ0) is 10.7. The van der Waals surface area contributed by atoms with Crippen molar-refractivity contribution >= 4 is 11.3 Å². The third-order valence-corrected chi connectivity index (χ3v) is 4.02. The highest BCUT2D eigenvalue weighted by molar-refractivity contribution is 7.11. The minimum atomic E-state index is 0.652. The molecule has 84 valence electrons. The predicted octanol–water partition coefficient (Wildman–Crippen LogP) is 1.74. The summed E-state index contributed by atoms with van der Waals surface area (Å²) < 4.78 is 5.11. The minimum Gasteiger partial charge on any atom is -0.378 e. The van der Waals surface area contributed by atoms with Crippen molar-refractivity contribution in [3.63, 3.8) is 0 Å². The number of nitrogens with zero attached hydrogens (tertiary/aromatic N) is 1. The van der Waals surface area contributed by atoms with Crippen LogP contribution in [0.3, 0.4) is 0 Å². The van der Waals surface area contributed by atoms with E-state index in [0.717, 1.165) is 30.3 Å². The fraction of sp³-hybridized carbons (Fsp3) is 0.727. The van der Waals surface area contributed by atoms with E-state index < -0.39 is 0 Å². The Kier molecular flexibility index (Phi) is 3.72. The van der Waals surface area contributed by atoms with Crippen molar-refractivity contribution in [3.8, 4) is 0 Å². The van der Waals surface area contributed by atoms with E-state index in [1.54, 1.807) is 7.11 Å². The molecule has 2 N–H and O–H groups in total. The third kappa shape index (κ3) is 2.56. The summed E-state index contributed by atoms with van der Waals surface area (Å²) in [5.74, 6) is 0.776. The maximum atomic E-state index is 5.60. The molecular formula is C11H18N2OS. The summed E-state index contributed by atoms with van der Waals surface area (Å²) in [7, 11) is 1.72. The fourth-order valence-corrected chi connectivity index (χ4v) is 3.37. The summed E-state index contributed by atoms with van der Waals surface area (Å²) in [4.78, 5) is 6.06. The van der Waals surface area contributed by atoms with Crippen LogP contribution in [0.5, 0.6) is 0 Å². The van der Waals surface area contributed by atoms with Crippen LogP contribution in [0.2, 0.25) is 0 Å². The zero-order valence-corrected chi connectivity index (χ0v) is 9.98. The summed E-state index contributed by atoms with van der Waals surface area (Å²) >= 11 is 1.81. The van der Waals surface area contributed by atoms with E-state index >= 15 is 0 Å². The van der Waals surface area contributed by atoms with Crippen molar-refractivity contribution in [2.24, 2.45) is 11.7 Å². The van der Waals surface area contributed by atoms with Gasteiger partial charge in [-0.15, -0.1) is 11.3 Å². The van der Waals surface area contributed by atoms with Crippen LogP contribution in [0.15, 0.2) is 0 Å². The smallest absolute Gasteiger partial charge is 0.119 e. The first-order chi connectivity index (χ1) is 7.33. The normalized spacial score (nSPS) is 20.3. The van der Waals surface area contributed by atoms with Crippen molar-refractivity contribution in [3.05, 3.63) is 15.6 Å². The molecule has 1 aromatic heterocycles. The van der Waals surface area contributed by atoms with Gasteiger partial charge in [-0.1, -0.05) is 0 Å². The Morgan fingerprint density at radius 1 is 1.60 bits per heavy atom. The van der Waals surface area contributed by atoms with Crippen LogP contribution in [-0.4, -0.2) is 18.6 Å². The van der Waals surface area contributed by atoms with Gasteiger partial charge in [-0.2, -0.15) is 0 Å². The number of methoxy groups -OCH3 is 1. The summed E-state index contributed by atoms with van der Waals surface area (Å²) in [6.07, 6.45) is 4.70. The number of hydrogen-bond donors (Lipinski definition) is 1. The Bertz CT molecular complexity index is 324. The lowest BCUT2D eigenvalue weighted by Gasteiger charge is -2.19. The fourth-order valence-electron chi connectivity index (χ4n) is 2.16. The lowest BCUT2D eigenvalue weighted by Crippen LogP contribution is -2.16. The van der Waals surface area contributed by atoms with E-state index in [2.05, 4.69) is 4.98 Å². The molecule has 1 unspecified atom stereocenters. The van der Waals surface area contributed by atoms with E-state index in [4.69, 9.17) is 10.5 Å². The molecule has 3 nitrogen and oxygen atoms in total. The van der Waals surface area contributed by atoms with Gasteiger partial charge in [0.05, 0.1) is 12.3 Å². The van der Waals surface area contributed by atoms with Crippen LogP contribution in [-0.2, 0) is 24.2 Å². The van der Waals surface area contributed by atoms with Crippen molar-refractivity contribution in [1.82, 2.24) is 4.98 Å². The molecule has 2 rings (SSSR count). The molecule has 0 aromatic carbocycles. The van der Waals surface area contributed by atoms with Crippen LogP contribution >= 0.6 is 11.3 Å². The van der Waals surface area contributed by atoms with Gasteiger partial charge >= 0.3 is 0 Å². The molecule has 1 aliphatic carbocycles. The molecule has 1 aliphatic rings. The van der Waals surface area contributed by atoms with E-state index in [0.29, 0.717) is 6.61 Å². The van der Waals surface area contributed by atoms with Gasteiger partial charge in [0.2, 0.25) is 0 Å². The van der Waals surface area contributed by atoms with Gasteiger partial charge in [-0.25, -0.2) is 4.98 Å². The number of aromatic nitrogens is 1. The Morgan fingerprint density at radius 3 is 3.20 bits per heavy atom. The van der Waals surface area contributed by atoms with E-state index in [-0.39, 0.29) is 0 Å². The predicted molar refractivity (Wildman–Crippen MR) is 62.0 cm³/mol. The molecule has 1 atom stereocenters. The molecule has 0 aliphatic heterocycles. The topological polar surface area (TPSA) is 48.1 Å². The van der Waals surface area contributed by atoms with Crippen molar-refractivity contribution in [1.29, 1.82) is 0 Å². The molecule has 0 saturated carbocycles. The number of rotatable bonds is 4. The molecule has 0 fully saturated rings. The Hall–Kier alpha value is -0.450.